The Bertz CT molecular complexity index is 475. The zero-order valence-corrected chi connectivity index (χ0v) is 10.6. The van der Waals surface area contributed by atoms with Gasteiger partial charge in [-0.25, -0.2) is 0 Å². The van der Waals surface area contributed by atoms with Gasteiger partial charge in [-0.05, 0) is 35.9 Å². The number of pyridine rings is 1. The first-order chi connectivity index (χ1) is 8.33. The average Bonchev–Trinajstić information content (AvgIpc) is 2.40. The molecule has 0 fully saturated rings. The molecule has 2 aromatic rings. The summed E-state index contributed by atoms with van der Waals surface area (Å²) in [6, 6.07) is 9.26. The van der Waals surface area contributed by atoms with Gasteiger partial charge in [-0.15, -0.1) is 0 Å². The molecule has 1 heterocycles. The molecule has 0 saturated carbocycles. The third-order valence-corrected chi connectivity index (χ3v) is 3.29. The van der Waals surface area contributed by atoms with E-state index in [1.807, 2.05) is 12.4 Å². The molecule has 2 nitrogen and oxygen atoms in total. The minimum absolute atomic E-state index is 0.628. The lowest BCUT2D eigenvalue weighted by atomic mass is 10.1. The van der Waals surface area contributed by atoms with E-state index in [9.17, 15) is 0 Å². The fourth-order valence-electron chi connectivity index (χ4n) is 2.08. The van der Waals surface area contributed by atoms with E-state index in [0.717, 1.165) is 6.54 Å². The summed E-state index contributed by atoms with van der Waals surface area (Å²) in [6.07, 6.45) is 6.13. The van der Waals surface area contributed by atoms with Crippen LogP contribution in [-0.2, 0) is 6.54 Å². The van der Waals surface area contributed by atoms with Crippen molar-refractivity contribution < 1.29 is 0 Å². The molecule has 1 aromatic carbocycles. The highest BCUT2D eigenvalue weighted by Crippen LogP contribution is 2.14. The number of hydrogen-bond acceptors (Lipinski definition) is 2. The summed E-state index contributed by atoms with van der Waals surface area (Å²) in [4.78, 5) is 4.13. The van der Waals surface area contributed by atoms with Crippen molar-refractivity contribution in [3.05, 3.63) is 42.2 Å². The molecule has 0 radical (unpaired) electrons. The molecule has 0 saturated heterocycles. The smallest absolute Gasteiger partial charge is 0.0346 e. The quantitative estimate of drug-likeness (QED) is 0.847. The second-order valence-electron chi connectivity index (χ2n) is 4.45. The van der Waals surface area contributed by atoms with Gasteiger partial charge in [0.05, 0.1) is 0 Å². The summed E-state index contributed by atoms with van der Waals surface area (Å²) >= 11 is 0. The fourth-order valence-corrected chi connectivity index (χ4v) is 2.08. The van der Waals surface area contributed by atoms with Crippen molar-refractivity contribution in [2.24, 2.45) is 0 Å². The van der Waals surface area contributed by atoms with Crippen molar-refractivity contribution in [1.29, 1.82) is 0 Å². The Balaban J connectivity index is 2.09. The first-order valence-corrected chi connectivity index (χ1v) is 6.39. The summed E-state index contributed by atoms with van der Waals surface area (Å²) in [5.74, 6) is 0. The summed E-state index contributed by atoms with van der Waals surface area (Å²) in [5.41, 5.74) is 1.34. The molecule has 0 aliphatic carbocycles. The van der Waals surface area contributed by atoms with E-state index < -0.39 is 0 Å². The maximum Gasteiger partial charge on any atom is 0.0346 e. The van der Waals surface area contributed by atoms with E-state index in [0.29, 0.717) is 6.04 Å². The third kappa shape index (κ3) is 3.04. The van der Waals surface area contributed by atoms with Crippen LogP contribution in [0.1, 0.15) is 32.3 Å². The molecule has 0 spiro atoms. The minimum Gasteiger partial charge on any atom is -0.310 e. The van der Waals surface area contributed by atoms with Crippen molar-refractivity contribution in [2.45, 2.75) is 39.3 Å². The van der Waals surface area contributed by atoms with E-state index in [2.05, 4.69) is 48.4 Å². The SMILES string of the molecule is CCC(CC)NCc1ccc2cnccc2c1. The zero-order chi connectivity index (χ0) is 12.1. The van der Waals surface area contributed by atoms with E-state index in [4.69, 9.17) is 0 Å². The summed E-state index contributed by atoms with van der Waals surface area (Å²) in [6.45, 7) is 5.41. The lowest BCUT2D eigenvalue weighted by Gasteiger charge is -2.14. The van der Waals surface area contributed by atoms with Gasteiger partial charge < -0.3 is 5.32 Å². The minimum atomic E-state index is 0.628. The number of rotatable bonds is 5. The molecule has 2 heteroatoms. The number of nitrogens with zero attached hydrogens (tertiary/aromatic N) is 1. The number of fused-ring (bicyclic) bond motifs is 1. The molecule has 2 rings (SSSR count). The molecule has 0 bridgehead atoms. The molecule has 0 unspecified atom stereocenters. The van der Waals surface area contributed by atoms with Crippen molar-refractivity contribution in [2.75, 3.05) is 0 Å². The Morgan fingerprint density at radius 2 is 1.94 bits per heavy atom. The van der Waals surface area contributed by atoms with E-state index >= 15 is 0 Å². The summed E-state index contributed by atoms with van der Waals surface area (Å²) in [5, 5.41) is 6.06. The van der Waals surface area contributed by atoms with E-state index in [1.165, 1.54) is 29.2 Å². The highest BCUT2D eigenvalue weighted by atomic mass is 14.9. The molecule has 0 aliphatic rings. The molecule has 1 N–H and O–H groups in total. The first-order valence-electron chi connectivity index (χ1n) is 6.39. The van der Waals surface area contributed by atoms with Crippen LogP contribution in [0.4, 0.5) is 0 Å². The number of hydrogen-bond donors (Lipinski definition) is 1. The summed E-state index contributed by atoms with van der Waals surface area (Å²) in [7, 11) is 0. The highest BCUT2D eigenvalue weighted by molar-refractivity contribution is 5.81. The fraction of sp³-hybridized carbons (Fsp3) is 0.400. The Labute approximate surface area is 103 Å². The molecule has 0 amide bonds. The molecule has 0 aliphatic heterocycles. The third-order valence-electron chi connectivity index (χ3n) is 3.29. The summed E-state index contributed by atoms with van der Waals surface area (Å²) < 4.78 is 0. The predicted octanol–water partition coefficient (Wildman–Crippen LogP) is 3.51. The van der Waals surface area contributed by atoms with Crippen molar-refractivity contribution in [3.8, 4) is 0 Å². The van der Waals surface area contributed by atoms with Crippen LogP contribution >= 0.6 is 0 Å². The van der Waals surface area contributed by atoms with Gasteiger partial charge in [0, 0.05) is 30.4 Å². The standard InChI is InChI=1S/C15H20N2/c1-3-15(4-2)17-10-12-5-6-14-11-16-8-7-13(14)9-12/h5-9,11,15,17H,3-4,10H2,1-2H3. The molecular formula is C15H20N2. The first kappa shape index (κ1) is 12.1. The van der Waals surface area contributed by atoms with Crippen LogP contribution in [0.2, 0.25) is 0 Å². The second-order valence-corrected chi connectivity index (χ2v) is 4.45. The van der Waals surface area contributed by atoms with Gasteiger partial charge in [-0.3, -0.25) is 4.98 Å². The van der Waals surface area contributed by atoms with Crippen LogP contribution in [0.15, 0.2) is 36.7 Å². The Morgan fingerprint density at radius 1 is 1.12 bits per heavy atom. The maximum atomic E-state index is 4.13. The monoisotopic (exact) mass is 228 g/mol. The normalized spacial score (nSPS) is 11.2. The average molecular weight is 228 g/mol. The largest absolute Gasteiger partial charge is 0.310 e. The molecule has 90 valence electrons. The van der Waals surface area contributed by atoms with Crippen molar-refractivity contribution in [3.63, 3.8) is 0 Å². The van der Waals surface area contributed by atoms with Gasteiger partial charge in [0.25, 0.3) is 0 Å². The van der Waals surface area contributed by atoms with Crippen LogP contribution in [0, 0.1) is 0 Å². The van der Waals surface area contributed by atoms with Crippen LogP contribution in [0.25, 0.3) is 10.8 Å². The van der Waals surface area contributed by atoms with Crippen molar-refractivity contribution >= 4 is 10.8 Å². The topological polar surface area (TPSA) is 24.9 Å². The van der Waals surface area contributed by atoms with E-state index in [-0.39, 0.29) is 0 Å². The van der Waals surface area contributed by atoms with Gasteiger partial charge in [0.1, 0.15) is 0 Å². The number of benzene rings is 1. The van der Waals surface area contributed by atoms with Gasteiger partial charge in [0.15, 0.2) is 0 Å². The van der Waals surface area contributed by atoms with Gasteiger partial charge >= 0.3 is 0 Å². The Kier molecular flexibility index (Phi) is 4.10. The van der Waals surface area contributed by atoms with Gasteiger partial charge in [-0.2, -0.15) is 0 Å². The van der Waals surface area contributed by atoms with Crippen LogP contribution in [0.3, 0.4) is 0 Å². The maximum absolute atomic E-state index is 4.13. The molecule has 1 aromatic heterocycles. The van der Waals surface area contributed by atoms with Crippen LogP contribution in [0.5, 0.6) is 0 Å². The van der Waals surface area contributed by atoms with Crippen molar-refractivity contribution in [1.82, 2.24) is 10.3 Å². The van der Waals surface area contributed by atoms with E-state index in [1.54, 1.807) is 0 Å². The lowest BCUT2D eigenvalue weighted by molar-refractivity contribution is 0.484. The molecule has 17 heavy (non-hydrogen) atoms. The predicted molar refractivity (Wildman–Crippen MR) is 73.0 cm³/mol. The van der Waals surface area contributed by atoms with Crippen LogP contribution < -0.4 is 5.32 Å². The Hall–Kier alpha value is -1.41. The molecule has 0 atom stereocenters. The second kappa shape index (κ2) is 5.78. The van der Waals surface area contributed by atoms with Crippen LogP contribution in [-0.4, -0.2) is 11.0 Å². The van der Waals surface area contributed by atoms with Gasteiger partial charge in [-0.1, -0.05) is 26.0 Å². The lowest BCUT2D eigenvalue weighted by Crippen LogP contribution is -2.26. The zero-order valence-electron chi connectivity index (χ0n) is 10.6. The highest BCUT2D eigenvalue weighted by Gasteiger charge is 2.02. The Morgan fingerprint density at radius 3 is 2.71 bits per heavy atom. The van der Waals surface area contributed by atoms with Gasteiger partial charge in [0.2, 0.25) is 0 Å². The number of nitrogens with one attached hydrogen (secondary N) is 1. The molecular weight excluding hydrogens is 208 g/mol. The number of aromatic nitrogens is 1.